The number of nitrogens with zero attached hydrogens (tertiary/aromatic N) is 2. The number of hydrogen-bond acceptors (Lipinski definition) is 9. The van der Waals surface area contributed by atoms with Gasteiger partial charge in [0.05, 0.1) is 12.0 Å². The Bertz CT molecular complexity index is 1210. The first-order valence-corrected chi connectivity index (χ1v) is 11.7. The molecule has 0 aliphatic carbocycles. The number of nitrogens with one attached hydrogen (secondary N) is 1. The molecule has 0 fully saturated rings. The molecule has 0 saturated heterocycles. The van der Waals surface area contributed by atoms with Crippen molar-refractivity contribution >= 4 is 43.4 Å². The van der Waals surface area contributed by atoms with Crippen molar-refractivity contribution < 1.29 is 17.9 Å². The van der Waals surface area contributed by atoms with Gasteiger partial charge >= 0.3 is 0 Å². The first-order valence-electron chi connectivity index (χ1n) is 9.41. The minimum atomic E-state index is -3.67. The van der Waals surface area contributed by atoms with E-state index in [1.807, 2.05) is 6.07 Å². The summed E-state index contributed by atoms with van der Waals surface area (Å²) in [5.74, 6) is 1.43. The number of ether oxygens (including phenoxy) is 2. The smallest absolute Gasteiger partial charge is 0.240 e. The maximum Gasteiger partial charge on any atom is 0.240 e. The van der Waals surface area contributed by atoms with Crippen molar-refractivity contribution in [2.24, 2.45) is 0 Å². The van der Waals surface area contributed by atoms with Crippen LogP contribution in [0, 0.1) is 0 Å². The van der Waals surface area contributed by atoms with E-state index in [4.69, 9.17) is 26.7 Å². The number of hydrogen-bond donors (Lipinski definition) is 4. The molecule has 2 aromatic carbocycles. The summed E-state index contributed by atoms with van der Waals surface area (Å²) in [5, 5.41) is 0. The molecular formula is C20H23BrN6O4S. The zero-order valence-corrected chi connectivity index (χ0v) is 19.6. The van der Waals surface area contributed by atoms with Gasteiger partial charge < -0.3 is 26.7 Å². The van der Waals surface area contributed by atoms with Crippen LogP contribution in [0.15, 0.2) is 52.0 Å². The summed E-state index contributed by atoms with van der Waals surface area (Å²) in [6.45, 7) is 0.150. The van der Waals surface area contributed by atoms with Crippen molar-refractivity contribution in [3.05, 3.63) is 58.2 Å². The van der Waals surface area contributed by atoms with Gasteiger partial charge in [-0.25, -0.2) is 18.1 Å². The Labute approximate surface area is 194 Å². The number of nitrogens with two attached hydrogens (primary N) is 3. The summed E-state index contributed by atoms with van der Waals surface area (Å²) >= 11 is 3.45. The van der Waals surface area contributed by atoms with Gasteiger partial charge in [-0.3, -0.25) is 0 Å². The zero-order valence-electron chi connectivity index (χ0n) is 17.2. The quantitative estimate of drug-likeness (QED) is 0.242. The molecule has 0 bridgehead atoms. The van der Waals surface area contributed by atoms with E-state index in [2.05, 4.69) is 30.6 Å². The fourth-order valence-corrected chi connectivity index (χ4v) is 4.36. The molecule has 3 aromatic rings. The molecule has 1 heterocycles. The molecule has 7 N–H and O–H groups in total. The van der Waals surface area contributed by atoms with Crippen LogP contribution in [-0.2, 0) is 16.4 Å². The number of rotatable bonds is 9. The minimum Gasteiger partial charge on any atom is -0.495 e. The average molecular weight is 523 g/mol. The van der Waals surface area contributed by atoms with Crippen LogP contribution < -0.4 is 31.4 Å². The molecule has 0 aliphatic rings. The summed E-state index contributed by atoms with van der Waals surface area (Å²) < 4.78 is 39.0. The van der Waals surface area contributed by atoms with Crippen molar-refractivity contribution in [2.75, 3.05) is 37.5 Å². The number of aromatic nitrogens is 2. The fraction of sp³-hybridized carbons (Fsp3) is 0.200. The summed E-state index contributed by atoms with van der Waals surface area (Å²) in [5.41, 5.74) is 19.1. The Morgan fingerprint density at radius 1 is 1.09 bits per heavy atom. The van der Waals surface area contributed by atoms with E-state index in [-0.39, 0.29) is 24.0 Å². The maximum absolute atomic E-state index is 12.4. The van der Waals surface area contributed by atoms with Crippen molar-refractivity contribution in [1.82, 2.24) is 14.7 Å². The largest absolute Gasteiger partial charge is 0.495 e. The summed E-state index contributed by atoms with van der Waals surface area (Å²) in [6.07, 6.45) is 1.99. The van der Waals surface area contributed by atoms with Crippen LogP contribution in [0.5, 0.6) is 11.5 Å². The molecule has 0 amide bonds. The van der Waals surface area contributed by atoms with Gasteiger partial charge in [-0.15, -0.1) is 0 Å². The van der Waals surface area contributed by atoms with Gasteiger partial charge in [0.15, 0.2) is 0 Å². The number of benzene rings is 2. The Balaban J connectivity index is 1.69. The Morgan fingerprint density at radius 2 is 1.78 bits per heavy atom. The highest BCUT2D eigenvalue weighted by Crippen LogP contribution is 2.36. The molecule has 1 aromatic heterocycles. The highest BCUT2D eigenvalue weighted by molar-refractivity contribution is 9.10. The molecule has 0 spiro atoms. The third kappa shape index (κ3) is 5.78. The van der Waals surface area contributed by atoms with Crippen molar-refractivity contribution in [2.45, 2.75) is 11.3 Å². The van der Waals surface area contributed by atoms with E-state index in [1.54, 1.807) is 12.3 Å². The summed E-state index contributed by atoms with van der Waals surface area (Å²) in [4.78, 5) is 8.07. The number of halogens is 1. The first-order chi connectivity index (χ1) is 15.2. The Morgan fingerprint density at radius 3 is 2.44 bits per heavy atom. The van der Waals surface area contributed by atoms with Crippen molar-refractivity contribution in [3.8, 4) is 11.5 Å². The second-order valence-electron chi connectivity index (χ2n) is 6.74. The topological polar surface area (TPSA) is 168 Å². The van der Waals surface area contributed by atoms with Gasteiger partial charge in [0.1, 0.15) is 28.4 Å². The SMILES string of the molecule is COc1cc(Cc2cnc(N)nc2N)cc(OCCNS(=O)(=O)c2ccc(N)cc2)c1Br. The molecule has 12 heteroatoms. The van der Waals surface area contributed by atoms with E-state index >= 15 is 0 Å². The molecule has 170 valence electrons. The van der Waals surface area contributed by atoms with E-state index in [0.717, 1.165) is 5.56 Å². The minimum absolute atomic E-state index is 0.0600. The number of sulfonamides is 1. The predicted octanol–water partition coefficient (Wildman–Crippen LogP) is 1.94. The molecule has 3 rings (SSSR count). The van der Waals surface area contributed by atoms with Gasteiger partial charge in [-0.2, -0.15) is 4.98 Å². The standard InChI is InChI=1S/C20H23BrN6O4S/c1-30-16-9-12(8-13-11-25-20(24)27-19(13)23)10-17(18(16)21)31-7-6-26-32(28,29)15-4-2-14(22)3-5-15/h2-5,9-11,26H,6-8,22H2,1H3,(H4,23,24,25,27). The van der Waals surface area contributed by atoms with Gasteiger partial charge in [-0.1, -0.05) is 0 Å². The van der Waals surface area contributed by atoms with Crippen molar-refractivity contribution in [1.29, 1.82) is 0 Å². The van der Waals surface area contributed by atoms with Gasteiger partial charge in [-0.05, 0) is 57.9 Å². The second kappa shape index (κ2) is 10.0. The van der Waals surface area contributed by atoms with Crippen LogP contribution >= 0.6 is 15.9 Å². The Hall–Kier alpha value is -3.09. The van der Waals surface area contributed by atoms with Gasteiger partial charge in [0.25, 0.3) is 0 Å². The normalized spacial score (nSPS) is 11.3. The summed E-state index contributed by atoms with van der Waals surface area (Å²) in [6, 6.07) is 9.57. The third-order valence-corrected chi connectivity index (χ3v) is 6.70. The van der Waals surface area contributed by atoms with E-state index in [1.165, 1.54) is 31.4 Å². The lowest BCUT2D eigenvalue weighted by molar-refractivity contribution is 0.317. The summed E-state index contributed by atoms with van der Waals surface area (Å²) in [7, 11) is -2.13. The highest BCUT2D eigenvalue weighted by Gasteiger charge is 2.15. The lowest BCUT2D eigenvalue weighted by Gasteiger charge is -2.14. The van der Waals surface area contributed by atoms with Gasteiger partial charge in [0.2, 0.25) is 16.0 Å². The maximum atomic E-state index is 12.4. The first kappa shape index (κ1) is 23.6. The van der Waals surface area contributed by atoms with Crippen LogP contribution in [0.2, 0.25) is 0 Å². The number of methoxy groups -OCH3 is 1. The zero-order chi connectivity index (χ0) is 23.3. The van der Waals surface area contributed by atoms with E-state index in [0.29, 0.717) is 39.5 Å². The molecule has 0 radical (unpaired) electrons. The van der Waals surface area contributed by atoms with Crippen LogP contribution in [0.1, 0.15) is 11.1 Å². The van der Waals surface area contributed by atoms with Crippen LogP contribution in [0.3, 0.4) is 0 Å². The molecule has 10 nitrogen and oxygen atoms in total. The molecule has 0 saturated carbocycles. The van der Waals surface area contributed by atoms with E-state index in [9.17, 15) is 8.42 Å². The molecule has 0 atom stereocenters. The number of nitrogen functional groups attached to an aromatic ring is 3. The molecular weight excluding hydrogens is 500 g/mol. The fourth-order valence-electron chi connectivity index (χ4n) is 2.84. The highest BCUT2D eigenvalue weighted by atomic mass is 79.9. The van der Waals surface area contributed by atoms with Crippen molar-refractivity contribution in [3.63, 3.8) is 0 Å². The predicted molar refractivity (Wildman–Crippen MR) is 126 cm³/mol. The lowest BCUT2D eigenvalue weighted by atomic mass is 10.1. The van der Waals surface area contributed by atoms with Crippen LogP contribution in [0.4, 0.5) is 17.5 Å². The second-order valence-corrected chi connectivity index (χ2v) is 9.30. The molecule has 0 unspecified atom stereocenters. The average Bonchev–Trinajstić information content (AvgIpc) is 2.75. The molecule has 0 aliphatic heterocycles. The Kier molecular flexibility index (Phi) is 7.38. The monoisotopic (exact) mass is 522 g/mol. The van der Waals surface area contributed by atoms with Crippen LogP contribution in [-0.4, -0.2) is 38.6 Å². The molecule has 32 heavy (non-hydrogen) atoms. The third-order valence-electron chi connectivity index (χ3n) is 4.44. The van der Waals surface area contributed by atoms with Crippen LogP contribution in [0.25, 0.3) is 0 Å². The lowest BCUT2D eigenvalue weighted by Crippen LogP contribution is -2.28. The van der Waals surface area contributed by atoms with Gasteiger partial charge in [0, 0.05) is 30.4 Å². The van der Waals surface area contributed by atoms with E-state index < -0.39 is 10.0 Å². The number of anilines is 3.